The molecule has 0 saturated heterocycles. The van der Waals surface area contributed by atoms with E-state index < -0.39 is 0 Å². The lowest BCUT2D eigenvalue weighted by Gasteiger charge is -2.18. The molecular weight excluding hydrogens is 162 g/mol. The number of hydrogen-bond donors (Lipinski definition) is 1. The Balaban J connectivity index is 2.08. The summed E-state index contributed by atoms with van der Waals surface area (Å²) in [6.07, 6.45) is 5.09. The van der Waals surface area contributed by atoms with Crippen LogP contribution in [0.1, 0.15) is 25.7 Å². The molecule has 0 aliphatic heterocycles. The third kappa shape index (κ3) is 1.13. The fourth-order valence-electron chi connectivity index (χ4n) is 2.61. The highest BCUT2D eigenvalue weighted by Gasteiger charge is 2.41. The fraction of sp³-hybridized carbons (Fsp3) is 0.875. The molecule has 0 aromatic heterocycles. The molecule has 62 valence electrons. The zero-order chi connectivity index (χ0) is 7.84. The van der Waals surface area contributed by atoms with Crippen LogP contribution in [0.3, 0.4) is 0 Å². The minimum atomic E-state index is 0.375. The van der Waals surface area contributed by atoms with E-state index in [2.05, 4.69) is 5.16 Å². The van der Waals surface area contributed by atoms with Gasteiger partial charge in [0.05, 0.1) is 0 Å². The van der Waals surface area contributed by atoms with Crippen molar-refractivity contribution in [1.29, 1.82) is 0 Å². The summed E-state index contributed by atoms with van der Waals surface area (Å²) in [6.45, 7) is 0. The molecule has 0 radical (unpaired) electrons. The van der Waals surface area contributed by atoms with Crippen molar-refractivity contribution in [3.05, 3.63) is 0 Å². The van der Waals surface area contributed by atoms with Gasteiger partial charge in [0.2, 0.25) is 0 Å². The standard InChI is InChI=1S/C8H12ClNO/c9-8(10-11)7-4-5-1-2-6(7)3-5/h5-7,11H,1-4H2/b10-8-. The van der Waals surface area contributed by atoms with Crippen LogP contribution in [-0.4, -0.2) is 10.4 Å². The molecule has 0 spiro atoms. The number of oxime groups is 1. The van der Waals surface area contributed by atoms with Crippen molar-refractivity contribution < 1.29 is 5.21 Å². The minimum Gasteiger partial charge on any atom is -0.410 e. The average Bonchev–Trinajstić information content (AvgIpc) is 2.62. The molecule has 2 aliphatic rings. The Morgan fingerprint density at radius 1 is 1.36 bits per heavy atom. The minimum absolute atomic E-state index is 0.375. The lowest BCUT2D eigenvalue weighted by Crippen LogP contribution is -2.16. The Bertz CT molecular complexity index is 193. The van der Waals surface area contributed by atoms with E-state index in [1.165, 1.54) is 19.3 Å². The summed E-state index contributed by atoms with van der Waals surface area (Å²) in [6, 6.07) is 0. The zero-order valence-electron chi connectivity index (χ0n) is 6.33. The maximum atomic E-state index is 8.48. The Morgan fingerprint density at radius 2 is 2.18 bits per heavy atom. The lowest BCUT2D eigenvalue weighted by molar-refractivity contribution is 0.310. The van der Waals surface area contributed by atoms with Crippen molar-refractivity contribution >= 4 is 16.8 Å². The first-order chi connectivity index (χ1) is 5.31. The molecule has 2 aliphatic carbocycles. The molecule has 0 amide bonds. The number of fused-ring (bicyclic) bond motifs is 2. The van der Waals surface area contributed by atoms with Gasteiger partial charge < -0.3 is 5.21 Å². The molecule has 2 saturated carbocycles. The number of halogens is 1. The normalized spacial score (nSPS) is 43.4. The molecule has 3 heteroatoms. The largest absolute Gasteiger partial charge is 0.410 e. The van der Waals surface area contributed by atoms with Crippen LogP contribution in [0.4, 0.5) is 0 Å². The Kier molecular flexibility index (Phi) is 1.80. The second-order valence-electron chi connectivity index (χ2n) is 3.70. The average molecular weight is 174 g/mol. The van der Waals surface area contributed by atoms with Crippen LogP contribution in [0.15, 0.2) is 5.16 Å². The molecular formula is C8H12ClNO. The predicted molar refractivity (Wildman–Crippen MR) is 44.0 cm³/mol. The van der Waals surface area contributed by atoms with Gasteiger partial charge in [-0.2, -0.15) is 0 Å². The molecule has 2 nitrogen and oxygen atoms in total. The van der Waals surface area contributed by atoms with Crippen LogP contribution in [0.2, 0.25) is 0 Å². The molecule has 3 atom stereocenters. The van der Waals surface area contributed by atoms with Gasteiger partial charge >= 0.3 is 0 Å². The first kappa shape index (κ1) is 7.41. The van der Waals surface area contributed by atoms with Gasteiger partial charge in [0.15, 0.2) is 0 Å². The second kappa shape index (κ2) is 2.67. The van der Waals surface area contributed by atoms with Gasteiger partial charge in [-0.3, -0.25) is 0 Å². The Hall–Kier alpha value is -0.240. The van der Waals surface area contributed by atoms with Crippen LogP contribution in [0.25, 0.3) is 0 Å². The first-order valence-electron chi connectivity index (χ1n) is 4.18. The van der Waals surface area contributed by atoms with E-state index in [1.54, 1.807) is 0 Å². The highest BCUT2D eigenvalue weighted by Crippen LogP contribution is 2.49. The zero-order valence-corrected chi connectivity index (χ0v) is 7.09. The second-order valence-corrected chi connectivity index (χ2v) is 4.09. The van der Waals surface area contributed by atoms with Gasteiger partial charge in [-0.1, -0.05) is 23.2 Å². The van der Waals surface area contributed by atoms with Crippen LogP contribution in [0, 0.1) is 17.8 Å². The number of nitrogens with zero attached hydrogens (tertiary/aromatic N) is 1. The molecule has 2 rings (SSSR count). The van der Waals surface area contributed by atoms with E-state index in [0.717, 1.165) is 12.3 Å². The van der Waals surface area contributed by atoms with E-state index in [9.17, 15) is 0 Å². The van der Waals surface area contributed by atoms with Crippen molar-refractivity contribution in [2.75, 3.05) is 0 Å². The van der Waals surface area contributed by atoms with E-state index in [4.69, 9.17) is 16.8 Å². The maximum absolute atomic E-state index is 8.48. The summed E-state index contributed by atoms with van der Waals surface area (Å²) in [4.78, 5) is 0. The molecule has 11 heavy (non-hydrogen) atoms. The summed E-state index contributed by atoms with van der Waals surface area (Å²) in [5.41, 5.74) is 0. The molecule has 0 heterocycles. The summed E-state index contributed by atoms with van der Waals surface area (Å²) < 4.78 is 0. The first-order valence-corrected chi connectivity index (χ1v) is 4.56. The van der Waals surface area contributed by atoms with Gasteiger partial charge in [0.25, 0.3) is 0 Å². The third-order valence-corrected chi connectivity index (χ3v) is 3.50. The monoisotopic (exact) mass is 173 g/mol. The van der Waals surface area contributed by atoms with Crippen molar-refractivity contribution in [3.63, 3.8) is 0 Å². The SMILES string of the molecule is O/N=C(\Cl)C1CC2CCC1C2. The van der Waals surface area contributed by atoms with Gasteiger partial charge in [0.1, 0.15) is 5.17 Å². The quantitative estimate of drug-likeness (QED) is 0.369. The van der Waals surface area contributed by atoms with Crippen molar-refractivity contribution in [1.82, 2.24) is 0 Å². The van der Waals surface area contributed by atoms with E-state index in [1.807, 2.05) is 0 Å². The Labute approximate surface area is 71.2 Å². The predicted octanol–water partition coefficient (Wildman–Crippen LogP) is 2.45. The Morgan fingerprint density at radius 3 is 2.64 bits per heavy atom. The highest BCUT2D eigenvalue weighted by atomic mass is 35.5. The van der Waals surface area contributed by atoms with Gasteiger partial charge in [-0.25, -0.2) is 0 Å². The molecule has 2 fully saturated rings. The van der Waals surface area contributed by atoms with Gasteiger partial charge in [-0.15, -0.1) is 0 Å². The van der Waals surface area contributed by atoms with E-state index in [0.29, 0.717) is 17.0 Å². The summed E-state index contributed by atoms with van der Waals surface area (Å²) in [7, 11) is 0. The third-order valence-electron chi connectivity index (χ3n) is 3.14. The van der Waals surface area contributed by atoms with E-state index >= 15 is 0 Å². The van der Waals surface area contributed by atoms with Crippen LogP contribution in [-0.2, 0) is 0 Å². The van der Waals surface area contributed by atoms with Gasteiger partial charge in [0, 0.05) is 5.92 Å². The molecule has 1 N–H and O–H groups in total. The number of hydrogen-bond acceptors (Lipinski definition) is 2. The topological polar surface area (TPSA) is 32.6 Å². The van der Waals surface area contributed by atoms with E-state index in [-0.39, 0.29) is 0 Å². The number of rotatable bonds is 1. The van der Waals surface area contributed by atoms with Crippen molar-refractivity contribution in [2.45, 2.75) is 25.7 Å². The lowest BCUT2D eigenvalue weighted by atomic mass is 9.90. The molecule has 0 aromatic rings. The summed E-state index contributed by atoms with van der Waals surface area (Å²) >= 11 is 5.77. The van der Waals surface area contributed by atoms with Crippen molar-refractivity contribution in [3.8, 4) is 0 Å². The smallest absolute Gasteiger partial charge is 0.148 e. The van der Waals surface area contributed by atoms with Crippen LogP contribution in [0.5, 0.6) is 0 Å². The maximum Gasteiger partial charge on any atom is 0.148 e. The fourth-order valence-corrected chi connectivity index (χ4v) is 2.88. The van der Waals surface area contributed by atoms with Crippen molar-refractivity contribution in [2.24, 2.45) is 22.9 Å². The van der Waals surface area contributed by atoms with Crippen LogP contribution < -0.4 is 0 Å². The molecule has 3 unspecified atom stereocenters. The summed E-state index contributed by atoms with van der Waals surface area (Å²) in [5, 5.41) is 12.0. The van der Waals surface area contributed by atoms with Gasteiger partial charge in [-0.05, 0) is 31.1 Å². The highest BCUT2D eigenvalue weighted by molar-refractivity contribution is 6.65. The molecule has 0 aromatic carbocycles. The van der Waals surface area contributed by atoms with Crippen LogP contribution >= 0.6 is 11.6 Å². The summed E-state index contributed by atoms with van der Waals surface area (Å²) in [5.74, 6) is 1.95. The molecule has 2 bridgehead atoms.